The highest BCUT2D eigenvalue weighted by Gasteiger charge is 2.66. The Hall–Kier alpha value is -0.700. The lowest BCUT2D eigenvalue weighted by Crippen LogP contribution is -2.48. The molecule has 14 heteroatoms. The van der Waals surface area contributed by atoms with Crippen LogP contribution in [-0.4, -0.2) is 59.7 Å². The molecule has 6 nitrogen and oxygen atoms in total. The van der Waals surface area contributed by atoms with E-state index in [2.05, 4.69) is 18.4 Å². The van der Waals surface area contributed by atoms with Crippen molar-refractivity contribution in [3.8, 4) is 0 Å². The van der Waals surface area contributed by atoms with Crippen LogP contribution in [0.3, 0.4) is 0 Å². The van der Waals surface area contributed by atoms with Crippen LogP contribution in [0.5, 0.6) is 0 Å². The maximum absolute atomic E-state index is 12.9. The van der Waals surface area contributed by atoms with Crippen LogP contribution in [0, 0.1) is 0 Å². The van der Waals surface area contributed by atoms with Crippen LogP contribution < -0.4 is 0 Å². The molecule has 0 unspecified atom stereocenters. The van der Waals surface area contributed by atoms with Gasteiger partial charge in [-0.15, -0.1) is 0 Å². The molecule has 0 amide bonds. The first-order valence-electron chi connectivity index (χ1n) is 5.25. The first kappa shape index (κ1) is 21.3. The molecule has 0 radical (unpaired) electrons. The fourth-order valence-corrected chi connectivity index (χ4v) is 1.26. The molecular weight excluding hydrogens is 357 g/mol. The minimum absolute atomic E-state index is 0.0689. The van der Waals surface area contributed by atoms with E-state index in [1.54, 1.807) is 0 Å². The van der Waals surface area contributed by atoms with Crippen molar-refractivity contribution in [1.29, 1.82) is 0 Å². The normalized spacial score (nSPS) is 14.4. The summed E-state index contributed by atoms with van der Waals surface area (Å²) in [6, 6.07) is 0. The summed E-state index contributed by atoms with van der Waals surface area (Å²) in [5.74, 6) is 0. The second kappa shape index (κ2) is 7.72. The van der Waals surface area contributed by atoms with E-state index in [0.717, 1.165) is 0 Å². The molecule has 22 heavy (non-hydrogen) atoms. The van der Waals surface area contributed by atoms with Crippen molar-refractivity contribution in [2.75, 3.05) is 33.5 Å². The Morgan fingerprint density at radius 1 is 0.818 bits per heavy atom. The highest BCUT2D eigenvalue weighted by Crippen LogP contribution is 2.40. The lowest BCUT2D eigenvalue weighted by Gasteiger charge is -2.25. The Morgan fingerprint density at radius 3 is 1.77 bits per heavy atom. The summed E-state index contributed by atoms with van der Waals surface area (Å²) >= 11 is 0. The van der Waals surface area contributed by atoms with Crippen molar-refractivity contribution in [3.63, 3.8) is 0 Å². The van der Waals surface area contributed by atoms with Gasteiger partial charge in [-0.3, -0.25) is 0 Å². The Labute approximate surface area is 120 Å². The first-order chi connectivity index (χ1) is 9.77. The number of alkyl halides is 7. The van der Waals surface area contributed by atoms with Crippen LogP contribution in [0.2, 0.25) is 0 Å². The van der Waals surface area contributed by atoms with Gasteiger partial charge in [0.1, 0.15) is 0 Å². The van der Waals surface area contributed by atoms with Gasteiger partial charge < -0.3 is 14.2 Å². The van der Waals surface area contributed by atoms with Crippen LogP contribution in [0.1, 0.15) is 0 Å². The van der Waals surface area contributed by atoms with Gasteiger partial charge in [-0.05, 0) is 0 Å². The van der Waals surface area contributed by atoms with E-state index in [-0.39, 0.29) is 13.2 Å². The Kier molecular flexibility index (Phi) is 7.47. The van der Waals surface area contributed by atoms with Crippen molar-refractivity contribution in [3.05, 3.63) is 0 Å². The van der Waals surface area contributed by atoms with Crippen LogP contribution in [0.25, 0.3) is 0 Å². The van der Waals surface area contributed by atoms with Gasteiger partial charge >= 0.3 is 27.8 Å². The molecule has 0 rings (SSSR count). The van der Waals surface area contributed by atoms with E-state index in [4.69, 9.17) is 0 Å². The van der Waals surface area contributed by atoms with Crippen LogP contribution in [0.15, 0.2) is 0 Å². The molecule has 0 heterocycles. The van der Waals surface area contributed by atoms with E-state index < -0.39 is 41.1 Å². The summed E-state index contributed by atoms with van der Waals surface area (Å²) in [5, 5.41) is 0. The highest BCUT2D eigenvalue weighted by molar-refractivity contribution is 7.87. The van der Waals surface area contributed by atoms with Gasteiger partial charge in [0.05, 0.1) is 26.4 Å². The minimum Gasteiger partial charge on any atom is -0.382 e. The second-order valence-corrected chi connectivity index (χ2v) is 5.01. The summed E-state index contributed by atoms with van der Waals surface area (Å²) in [7, 11) is -5.64. The molecule has 0 aromatic rings. The maximum Gasteiger partial charge on any atom is 0.523 e. The smallest absolute Gasteiger partial charge is 0.382 e. The summed E-state index contributed by atoms with van der Waals surface area (Å²) in [6.07, 6.45) is -11.7. The van der Waals surface area contributed by atoms with Crippen molar-refractivity contribution in [2.45, 2.75) is 17.7 Å². The van der Waals surface area contributed by atoms with Crippen molar-refractivity contribution >= 4 is 10.1 Å². The Balaban J connectivity index is 4.61. The molecule has 0 saturated carbocycles. The standard InChI is InChI=1S/C8H11F7O6S/c1-18-2-3-19-4-5-20-6(9,10)7(11,12)21-22(16,17)8(13,14)15/h2-5H2,1H3. The number of halogens is 7. The molecule has 134 valence electrons. The summed E-state index contributed by atoms with van der Waals surface area (Å²) < 4.78 is 122. The molecule has 0 aliphatic heterocycles. The third-order valence-electron chi connectivity index (χ3n) is 1.78. The number of hydrogen-bond acceptors (Lipinski definition) is 6. The molecule has 0 spiro atoms. The van der Waals surface area contributed by atoms with E-state index in [9.17, 15) is 39.2 Å². The third-order valence-corrected chi connectivity index (χ3v) is 2.78. The topological polar surface area (TPSA) is 71.1 Å². The number of rotatable bonds is 10. The predicted octanol–water partition coefficient (Wildman–Crippen LogP) is 1.72. The second-order valence-electron chi connectivity index (χ2n) is 3.47. The molecule has 0 saturated heterocycles. The average Bonchev–Trinajstić information content (AvgIpc) is 2.30. The Bertz CT molecular complexity index is 435. The predicted molar refractivity (Wildman–Crippen MR) is 54.6 cm³/mol. The van der Waals surface area contributed by atoms with E-state index in [1.807, 2.05) is 0 Å². The lowest BCUT2D eigenvalue weighted by molar-refractivity contribution is -0.408. The van der Waals surface area contributed by atoms with Crippen LogP contribution in [0.4, 0.5) is 30.7 Å². The minimum atomic E-state index is -6.94. The number of methoxy groups -OCH3 is 1. The summed E-state index contributed by atoms with van der Waals surface area (Å²) in [5.41, 5.74) is -6.30. The molecule has 0 fully saturated rings. The molecule has 0 atom stereocenters. The van der Waals surface area contributed by atoms with Gasteiger partial charge in [0, 0.05) is 7.11 Å². The van der Waals surface area contributed by atoms with Crippen LogP contribution in [-0.2, 0) is 28.5 Å². The van der Waals surface area contributed by atoms with Crippen molar-refractivity contribution in [1.82, 2.24) is 0 Å². The maximum atomic E-state index is 12.9. The lowest BCUT2D eigenvalue weighted by atomic mass is 10.6. The summed E-state index contributed by atoms with van der Waals surface area (Å²) in [4.78, 5) is 0. The molecule has 0 N–H and O–H groups in total. The zero-order valence-corrected chi connectivity index (χ0v) is 11.6. The Morgan fingerprint density at radius 2 is 1.32 bits per heavy atom. The average molecular weight is 368 g/mol. The van der Waals surface area contributed by atoms with E-state index in [1.165, 1.54) is 7.11 Å². The van der Waals surface area contributed by atoms with Crippen molar-refractivity contribution in [2.24, 2.45) is 0 Å². The van der Waals surface area contributed by atoms with Crippen molar-refractivity contribution < 1.29 is 57.5 Å². The molecule has 0 aliphatic rings. The monoisotopic (exact) mass is 368 g/mol. The quantitative estimate of drug-likeness (QED) is 0.253. The number of ether oxygens (including phenoxy) is 3. The zero-order valence-electron chi connectivity index (χ0n) is 10.8. The summed E-state index contributed by atoms with van der Waals surface area (Å²) in [6.45, 7) is -1.80. The van der Waals surface area contributed by atoms with Gasteiger partial charge in [0.2, 0.25) is 0 Å². The van der Waals surface area contributed by atoms with Gasteiger partial charge in [-0.2, -0.15) is 43.3 Å². The van der Waals surface area contributed by atoms with Crippen LogP contribution >= 0.6 is 0 Å². The van der Waals surface area contributed by atoms with Gasteiger partial charge in [0.25, 0.3) is 0 Å². The first-order valence-corrected chi connectivity index (χ1v) is 6.66. The van der Waals surface area contributed by atoms with E-state index in [0.29, 0.717) is 0 Å². The molecule has 0 aromatic carbocycles. The zero-order chi connectivity index (χ0) is 17.7. The SMILES string of the molecule is COCCOCCOC(F)(F)C(F)(F)OS(=O)(=O)C(F)(F)F. The van der Waals surface area contributed by atoms with Gasteiger partial charge in [-0.1, -0.05) is 0 Å². The van der Waals surface area contributed by atoms with Gasteiger partial charge in [-0.25, -0.2) is 0 Å². The molecule has 0 bridgehead atoms. The third kappa shape index (κ3) is 6.20. The fraction of sp³-hybridized carbons (Fsp3) is 1.00. The van der Waals surface area contributed by atoms with E-state index >= 15 is 0 Å². The molecule has 0 aliphatic carbocycles. The highest BCUT2D eigenvalue weighted by atomic mass is 32.2. The largest absolute Gasteiger partial charge is 0.523 e. The number of hydrogen-bond donors (Lipinski definition) is 0. The molecular formula is C8H11F7O6S. The molecule has 0 aromatic heterocycles. The van der Waals surface area contributed by atoms with Gasteiger partial charge in [0.15, 0.2) is 0 Å². The fourth-order valence-electron chi connectivity index (χ4n) is 0.791.